The van der Waals surface area contributed by atoms with Gasteiger partial charge in [0.05, 0.1) is 38.0 Å². The molecule has 3 rings (SSSR count). The van der Waals surface area contributed by atoms with E-state index in [4.69, 9.17) is 14.2 Å². The lowest BCUT2D eigenvalue weighted by molar-refractivity contribution is -0.119. The minimum atomic E-state index is -4.09. The number of carbonyl (C=O) groups is 1. The lowest BCUT2D eigenvalue weighted by Crippen LogP contribution is -2.41. The van der Waals surface area contributed by atoms with Crippen LogP contribution >= 0.6 is 0 Å². The maximum atomic E-state index is 13.6. The van der Waals surface area contributed by atoms with Crippen molar-refractivity contribution in [2.24, 2.45) is 0 Å². The average Bonchev–Trinajstić information content (AvgIpc) is 2.87. The monoisotopic (exact) mass is 498 g/mol. The summed E-state index contributed by atoms with van der Waals surface area (Å²) in [6.07, 6.45) is 0. The highest BCUT2D eigenvalue weighted by molar-refractivity contribution is 7.92. The first-order valence-electron chi connectivity index (χ1n) is 11.0. The second kappa shape index (κ2) is 12.2. The number of sulfonamides is 1. The fraction of sp³-hybridized carbons (Fsp3) is 0.269. The van der Waals surface area contributed by atoms with Gasteiger partial charge in [-0.2, -0.15) is 0 Å². The van der Waals surface area contributed by atoms with Crippen LogP contribution in [0.3, 0.4) is 0 Å². The van der Waals surface area contributed by atoms with Gasteiger partial charge in [-0.05, 0) is 36.8 Å². The first-order valence-corrected chi connectivity index (χ1v) is 12.5. The molecule has 0 saturated carbocycles. The normalized spacial score (nSPS) is 11.1. The summed E-state index contributed by atoms with van der Waals surface area (Å²) in [7, 11) is -1.17. The SMILES string of the molecule is COc1ccc(OC)c(N(CC(=O)NCCOCc2ccccc2)S(=O)(=O)c2ccc(C)cc2)c1. The van der Waals surface area contributed by atoms with Crippen molar-refractivity contribution < 1.29 is 27.4 Å². The van der Waals surface area contributed by atoms with Crippen LogP contribution in [0, 0.1) is 6.92 Å². The molecule has 0 atom stereocenters. The van der Waals surface area contributed by atoms with E-state index in [0.29, 0.717) is 18.1 Å². The molecule has 0 aliphatic heterocycles. The van der Waals surface area contributed by atoms with Crippen molar-refractivity contribution in [2.75, 3.05) is 38.2 Å². The Morgan fingerprint density at radius 1 is 0.943 bits per heavy atom. The molecule has 0 saturated heterocycles. The maximum Gasteiger partial charge on any atom is 0.264 e. The number of hydrogen-bond donors (Lipinski definition) is 1. The van der Waals surface area contributed by atoms with E-state index in [0.717, 1.165) is 15.4 Å². The lowest BCUT2D eigenvalue weighted by atomic mass is 10.2. The van der Waals surface area contributed by atoms with E-state index in [1.165, 1.54) is 32.4 Å². The zero-order chi connectivity index (χ0) is 25.3. The van der Waals surface area contributed by atoms with Crippen LogP contribution in [0.1, 0.15) is 11.1 Å². The number of amides is 1. The third-order valence-corrected chi connectivity index (χ3v) is 7.00. The fourth-order valence-corrected chi connectivity index (χ4v) is 4.77. The van der Waals surface area contributed by atoms with E-state index in [1.807, 2.05) is 37.3 Å². The smallest absolute Gasteiger partial charge is 0.264 e. The molecule has 3 aromatic carbocycles. The maximum absolute atomic E-state index is 13.6. The second-order valence-corrected chi connectivity index (χ2v) is 9.61. The average molecular weight is 499 g/mol. The van der Waals surface area contributed by atoms with E-state index in [-0.39, 0.29) is 23.7 Å². The Balaban J connectivity index is 1.77. The van der Waals surface area contributed by atoms with Crippen molar-refractivity contribution in [3.05, 3.63) is 83.9 Å². The molecule has 0 aromatic heterocycles. The summed E-state index contributed by atoms with van der Waals surface area (Å²) in [6, 6.07) is 20.9. The van der Waals surface area contributed by atoms with Crippen molar-refractivity contribution in [3.8, 4) is 11.5 Å². The molecule has 186 valence electrons. The van der Waals surface area contributed by atoms with Gasteiger partial charge < -0.3 is 19.5 Å². The third kappa shape index (κ3) is 6.97. The van der Waals surface area contributed by atoms with Crippen LogP contribution in [0.4, 0.5) is 5.69 Å². The molecule has 0 heterocycles. The largest absolute Gasteiger partial charge is 0.497 e. The molecule has 0 aliphatic rings. The van der Waals surface area contributed by atoms with E-state index in [1.54, 1.807) is 24.3 Å². The van der Waals surface area contributed by atoms with Crippen molar-refractivity contribution in [2.45, 2.75) is 18.4 Å². The number of carbonyl (C=O) groups excluding carboxylic acids is 1. The summed E-state index contributed by atoms with van der Waals surface area (Å²) in [5, 5.41) is 2.73. The first kappa shape index (κ1) is 26.1. The molecular formula is C26H30N2O6S. The summed E-state index contributed by atoms with van der Waals surface area (Å²) in [6.45, 7) is 2.36. The standard InChI is InChI=1S/C26H30N2O6S/c1-20-9-12-23(13-10-20)35(30,31)28(24-17-22(32-2)11-14-25(24)33-3)18-26(29)27-15-16-34-19-21-7-5-4-6-8-21/h4-14,17H,15-16,18-19H2,1-3H3,(H,27,29). The summed E-state index contributed by atoms with van der Waals surface area (Å²) in [5.41, 5.74) is 2.14. The molecule has 35 heavy (non-hydrogen) atoms. The molecule has 9 heteroatoms. The summed E-state index contributed by atoms with van der Waals surface area (Å²) in [4.78, 5) is 12.9. The number of nitrogens with zero attached hydrogens (tertiary/aromatic N) is 1. The minimum absolute atomic E-state index is 0.0620. The molecule has 1 N–H and O–H groups in total. The zero-order valence-electron chi connectivity index (χ0n) is 20.1. The van der Waals surface area contributed by atoms with Crippen LogP contribution in [0.15, 0.2) is 77.7 Å². The fourth-order valence-electron chi connectivity index (χ4n) is 3.34. The van der Waals surface area contributed by atoms with E-state index in [9.17, 15) is 13.2 Å². The Morgan fingerprint density at radius 2 is 1.66 bits per heavy atom. The molecule has 3 aromatic rings. The minimum Gasteiger partial charge on any atom is -0.497 e. The second-order valence-electron chi connectivity index (χ2n) is 7.75. The van der Waals surface area contributed by atoms with Gasteiger partial charge in [-0.3, -0.25) is 9.10 Å². The molecule has 0 radical (unpaired) electrons. The van der Waals surface area contributed by atoms with Gasteiger partial charge in [0.15, 0.2) is 0 Å². The lowest BCUT2D eigenvalue weighted by Gasteiger charge is -2.26. The van der Waals surface area contributed by atoms with Crippen molar-refractivity contribution in [1.29, 1.82) is 0 Å². The summed E-state index contributed by atoms with van der Waals surface area (Å²) < 4.78 is 44.5. The first-order chi connectivity index (χ1) is 16.8. The number of methoxy groups -OCH3 is 2. The Morgan fingerprint density at radius 3 is 2.31 bits per heavy atom. The zero-order valence-corrected chi connectivity index (χ0v) is 20.9. The highest BCUT2D eigenvalue weighted by atomic mass is 32.2. The Hall–Kier alpha value is -3.56. The van der Waals surface area contributed by atoms with Gasteiger partial charge in [0.2, 0.25) is 5.91 Å². The molecule has 0 unspecified atom stereocenters. The van der Waals surface area contributed by atoms with Crippen LogP contribution in [0.5, 0.6) is 11.5 Å². The number of aryl methyl sites for hydroxylation is 1. The van der Waals surface area contributed by atoms with Crippen molar-refractivity contribution in [3.63, 3.8) is 0 Å². The van der Waals surface area contributed by atoms with E-state index < -0.39 is 22.5 Å². The summed E-state index contributed by atoms with van der Waals surface area (Å²) >= 11 is 0. The highest BCUT2D eigenvalue weighted by Crippen LogP contribution is 2.35. The van der Waals surface area contributed by atoms with Gasteiger partial charge in [0, 0.05) is 12.6 Å². The van der Waals surface area contributed by atoms with Gasteiger partial charge in [-0.1, -0.05) is 48.0 Å². The van der Waals surface area contributed by atoms with Gasteiger partial charge in [0.1, 0.15) is 18.0 Å². The molecule has 0 bridgehead atoms. The van der Waals surface area contributed by atoms with E-state index in [2.05, 4.69) is 5.32 Å². The molecular weight excluding hydrogens is 468 g/mol. The number of rotatable bonds is 12. The Labute approximate surface area is 206 Å². The van der Waals surface area contributed by atoms with Gasteiger partial charge >= 0.3 is 0 Å². The number of benzene rings is 3. The molecule has 0 aliphatic carbocycles. The van der Waals surface area contributed by atoms with Crippen LogP contribution in [-0.2, 0) is 26.2 Å². The molecule has 8 nitrogen and oxygen atoms in total. The molecule has 0 spiro atoms. The summed E-state index contributed by atoms with van der Waals surface area (Å²) in [5.74, 6) is 0.244. The van der Waals surface area contributed by atoms with Crippen molar-refractivity contribution in [1.82, 2.24) is 5.32 Å². The van der Waals surface area contributed by atoms with Crippen LogP contribution in [0.25, 0.3) is 0 Å². The molecule has 1 amide bonds. The number of nitrogens with one attached hydrogen (secondary N) is 1. The Kier molecular flexibility index (Phi) is 9.11. The van der Waals surface area contributed by atoms with E-state index >= 15 is 0 Å². The highest BCUT2D eigenvalue weighted by Gasteiger charge is 2.30. The quantitative estimate of drug-likeness (QED) is 0.384. The number of anilines is 1. The number of hydrogen-bond acceptors (Lipinski definition) is 6. The van der Waals surface area contributed by atoms with Gasteiger partial charge in [0.25, 0.3) is 10.0 Å². The van der Waals surface area contributed by atoms with Gasteiger partial charge in [-0.25, -0.2) is 8.42 Å². The predicted octanol–water partition coefficient (Wildman–Crippen LogP) is 3.54. The predicted molar refractivity (Wildman–Crippen MR) is 134 cm³/mol. The topological polar surface area (TPSA) is 94.2 Å². The Bertz CT molecular complexity index is 1210. The van der Waals surface area contributed by atoms with Crippen LogP contribution < -0.4 is 19.1 Å². The van der Waals surface area contributed by atoms with Crippen molar-refractivity contribution >= 4 is 21.6 Å². The number of ether oxygens (including phenoxy) is 3. The molecule has 0 fully saturated rings. The third-order valence-electron chi connectivity index (χ3n) is 5.23. The van der Waals surface area contributed by atoms with Crippen LogP contribution in [-0.4, -0.2) is 48.2 Å². The van der Waals surface area contributed by atoms with Gasteiger partial charge in [-0.15, -0.1) is 0 Å². The van der Waals surface area contributed by atoms with Crippen LogP contribution in [0.2, 0.25) is 0 Å².